The molecule has 0 radical (unpaired) electrons. The fraction of sp³-hybridized carbons (Fsp3) is 0.417. The first-order valence-corrected chi connectivity index (χ1v) is 5.40. The largest absolute Gasteiger partial charge is 0.375 e. The van der Waals surface area contributed by atoms with Gasteiger partial charge in [0.1, 0.15) is 5.82 Å². The van der Waals surface area contributed by atoms with E-state index in [9.17, 15) is 14.3 Å². The van der Waals surface area contributed by atoms with Crippen molar-refractivity contribution in [1.82, 2.24) is 5.32 Å². The van der Waals surface area contributed by atoms with Gasteiger partial charge in [0.25, 0.3) is 5.91 Å². The van der Waals surface area contributed by atoms with Crippen LogP contribution in [0.15, 0.2) is 24.3 Å². The summed E-state index contributed by atoms with van der Waals surface area (Å²) in [5.74, 6) is -0.766. The number of nitrogens with one attached hydrogen (secondary N) is 1. The molecule has 1 aromatic rings. The zero-order valence-corrected chi connectivity index (χ0v) is 8.87. The van der Waals surface area contributed by atoms with Crippen LogP contribution in [0.5, 0.6) is 0 Å². The zero-order chi connectivity index (χ0) is 11.6. The topological polar surface area (TPSA) is 49.3 Å². The molecule has 1 aliphatic heterocycles. The van der Waals surface area contributed by atoms with Gasteiger partial charge in [0, 0.05) is 6.54 Å². The maximum absolute atomic E-state index is 12.8. The van der Waals surface area contributed by atoms with Gasteiger partial charge in [0.2, 0.25) is 0 Å². The van der Waals surface area contributed by atoms with Crippen molar-refractivity contribution in [1.29, 1.82) is 0 Å². The van der Waals surface area contributed by atoms with Crippen LogP contribution in [0.3, 0.4) is 0 Å². The highest BCUT2D eigenvalue weighted by molar-refractivity contribution is 5.86. The molecule has 4 heteroatoms. The molecule has 0 aromatic heterocycles. The lowest BCUT2D eigenvalue weighted by atomic mass is 9.88. The number of hydrogen-bond donors (Lipinski definition) is 2. The van der Waals surface area contributed by atoms with Crippen LogP contribution >= 0.6 is 0 Å². The van der Waals surface area contributed by atoms with Crippen LogP contribution in [-0.4, -0.2) is 17.6 Å². The first-order valence-electron chi connectivity index (χ1n) is 5.40. The molecule has 2 N–H and O–H groups in total. The molecule has 1 unspecified atom stereocenters. The third-order valence-corrected chi connectivity index (χ3v) is 2.95. The van der Waals surface area contributed by atoms with Gasteiger partial charge in [-0.15, -0.1) is 0 Å². The quantitative estimate of drug-likeness (QED) is 0.754. The Labute approximate surface area is 93.3 Å². The van der Waals surface area contributed by atoms with Crippen LogP contribution < -0.4 is 5.32 Å². The summed E-state index contributed by atoms with van der Waals surface area (Å²) in [5.41, 5.74) is -1.06. The van der Waals surface area contributed by atoms with Crippen LogP contribution in [0.25, 0.3) is 0 Å². The smallest absolute Gasteiger partial charge is 0.256 e. The highest BCUT2D eigenvalue weighted by Gasteiger charge is 2.38. The summed E-state index contributed by atoms with van der Waals surface area (Å²) in [6.07, 6.45) is 2.01. The molecule has 1 aliphatic rings. The van der Waals surface area contributed by atoms with Crippen molar-refractivity contribution in [3.63, 3.8) is 0 Å². The van der Waals surface area contributed by atoms with E-state index in [1.807, 2.05) is 0 Å². The Morgan fingerprint density at radius 3 is 2.62 bits per heavy atom. The van der Waals surface area contributed by atoms with Gasteiger partial charge in [0.05, 0.1) is 0 Å². The first-order chi connectivity index (χ1) is 7.63. The number of carbonyl (C=O) groups is 1. The third kappa shape index (κ3) is 1.93. The zero-order valence-electron chi connectivity index (χ0n) is 8.87. The summed E-state index contributed by atoms with van der Waals surface area (Å²) in [7, 11) is 0. The van der Waals surface area contributed by atoms with E-state index in [2.05, 4.69) is 5.32 Å². The monoisotopic (exact) mass is 223 g/mol. The molecule has 0 spiro atoms. The maximum atomic E-state index is 12.8. The Bertz CT molecular complexity index is 391. The second-order valence-corrected chi connectivity index (χ2v) is 4.08. The van der Waals surface area contributed by atoms with Gasteiger partial charge in [-0.2, -0.15) is 0 Å². The van der Waals surface area contributed by atoms with Gasteiger partial charge in [-0.3, -0.25) is 4.79 Å². The number of rotatable bonds is 1. The molecule has 1 heterocycles. The summed E-state index contributed by atoms with van der Waals surface area (Å²) < 4.78 is 12.8. The highest BCUT2D eigenvalue weighted by Crippen LogP contribution is 2.29. The molecule has 1 fully saturated rings. The molecular weight excluding hydrogens is 209 g/mol. The molecule has 0 bridgehead atoms. The van der Waals surface area contributed by atoms with E-state index in [0.29, 0.717) is 18.5 Å². The summed E-state index contributed by atoms with van der Waals surface area (Å²) in [5, 5.41) is 13.0. The fourth-order valence-corrected chi connectivity index (χ4v) is 1.97. The van der Waals surface area contributed by atoms with Gasteiger partial charge in [-0.05, 0) is 37.0 Å². The van der Waals surface area contributed by atoms with Crippen LogP contribution in [0, 0.1) is 5.82 Å². The molecule has 1 saturated heterocycles. The standard InChI is InChI=1S/C12H14FNO2/c13-10-5-3-9(4-6-10)12(16)7-1-2-8-14-11(12)15/h3-6,16H,1-2,7-8H2,(H,14,15). The van der Waals surface area contributed by atoms with Crippen molar-refractivity contribution in [2.75, 3.05) is 6.54 Å². The van der Waals surface area contributed by atoms with Crippen molar-refractivity contribution >= 4 is 5.91 Å². The molecule has 86 valence electrons. The minimum Gasteiger partial charge on any atom is -0.375 e. The van der Waals surface area contributed by atoms with E-state index >= 15 is 0 Å². The van der Waals surface area contributed by atoms with Gasteiger partial charge < -0.3 is 10.4 Å². The number of hydrogen-bond acceptors (Lipinski definition) is 2. The van der Waals surface area contributed by atoms with Crippen LogP contribution in [0.4, 0.5) is 4.39 Å². The average Bonchev–Trinajstić information content (AvgIpc) is 2.44. The molecule has 1 atom stereocenters. The van der Waals surface area contributed by atoms with Gasteiger partial charge in [-0.1, -0.05) is 12.1 Å². The summed E-state index contributed by atoms with van der Waals surface area (Å²) >= 11 is 0. The van der Waals surface area contributed by atoms with E-state index in [1.165, 1.54) is 24.3 Å². The van der Waals surface area contributed by atoms with Gasteiger partial charge in [-0.25, -0.2) is 4.39 Å². The van der Waals surface area contributed by atoms with Crippen LogP contribution in [-0.2, 0) is 10.4 Å². The lowest BCUT2D eigenvalue weighted by Crippen LogP contribution is -2.42. The third-order valence-electron chi connectivity index (χ3n) is 2.95. The number of carbonyl (C=O) groups excluding carboxylic acids is 1. The Hall–Kier alpha value is -1.42. The van der Waals surface area contributed by atoms with Crippen molar-refractivity contribution < 1.29 is 14.3 Å². The summed E-state index contributed by atoms with van der Waals surface area (Å²) in [6, 6.07) is 5.43. The SMILES string of the molecule is O=C1NCCCCC1(O)c1ccc(F)cc1. The molecule has 16 heavy (non-hydrogen) atoms. The number of benzene rings is 1. The Kier molecular flexibility index (Phi) is 2.92. The predicted octanol–water partition coefficient (Wildman–Crippen LogP) is 1.31. The maximum Gasteiger partial charge on any atom is 0.256 e. The summed E-state index contributed by atoms with van der Waals surface area (Å²) in [6.45, 7) is 0.586. The highest BCUT2D eigenvalue weighted by atomic mass is 19.1. The molecule has 1 aromatic carbocycles. The molecule has 0 saturated carbocycles. The fourth-order valence-electron chi connectivity index (χ4n) is 1.97. The molecule has 1 amide bonds. The molecular formula is C12H14FNO2. The molecule has 3 nitrogen and oxygen atoms in total. The number of halogens is 1. The first kappa shape index (κ1) is 11.1. The molecule has 0 aliphatic carbocycles. The lowest BCUT2D eigenvalue weighted by molar-refractivity contribution is -0.140. The second kappa shape index (κ2) is 4.22. The van der Waals surface area contributed by atoms with Crippen LogP contribution in [0.2, 0.25) is 0 Å². The van der Waals surface area contributed by atoms with Crippen LogP contribution in [0.1, 0.15) is 24.8 Å². The van der Waals surface area contributed by atoms with Gasteiger partial charge >= 0.3 is 0 Å². The lowest BCUT2D eigenvalue weighted by Gasteiger charge is -2.25. The van der Waals surface area contributed by atoms with E-state index in [4.69, 9.17) is 0 Å². The Balaban J connectivity index is 2.34. The van der Waals surface area contributed by atoms with E-state index in [-0.39, 0.29) is 5.82 Å². The summed E-state index contributed by atoms with van der Waals surface area (Å²) in [4.78, 5) is 11.8. The van der Waals surface area contributed by atoms with Crippen molar-refractivity contribution in [3.05, 3.63) is 35.6 Å². The van der Waals surface area contributed by atoms with E-state index in [1.54, 1.807) is 0 Å². The van der Waals surface area contributed by atoms with E-state index < -0.39 is 11.5 Å². The normalized spacial score (nSPS) is 26.0. The second-order valence-electron chi connectivity index (χ2n) is 4.08. The van der Waals surface area contributed by atoms with Crippen molar-refractivity contribution in [2.24, 2.45) is 0 Å². The molecule has 2 rings (SSSR count). The number of amides is 1. The van der Waals surface area contributed by atoms with Crippen molar-refractivity contribution in [2.45, 2.75) is 24.9 Å². The predicted molar refractivity (Wildman–Crippen MR) is 57.2 cm³/mol. The average molecular weight is 223 g/mol. The van der Waals surface area contributed by atoms with Crippen molar-refractivity contribution in [3.8, 4) is 0 Å². The minimum absolute atomic E-state index is 0.374. The minimum atomic E-state index is -1.51. The van der Waals surface area contributed by atoms with Gasteiger partial charge in [0.15, 0.2) is 5.60 Å². The number of aliphatic hydroxyl groups is 1. The Morgan fingerprint density at radius 2 is 1.94 bits per heavy atom. The van der Waals surface area contributed by atoms with E-state index in [0.717, 1.165) is 12.8 Å². The Morgan fingerprint density at radius 1 is 1.25 bits per heavy atom.